The number of nitrogens with one attached hydrogen (secondary N) is 1. The van der Waals surface area contributed by atoms with E-state index in [1.54, 1.807) is 35.1 Å². The Morgan fingerprint density at radius 2 is 2.08 bits per heavy atom. The molecule has 1 heterocycles. The van der Waals surface area contributed by atoms with Crippen molar-refractivity contribution in [2.45, 2.75) is 13.5 Å². The summed E-state index contributed by atoms with van der Waals surface area (Å²) in [5, 5.41) is 7.63. The third kappa shape index (κ3) is 4.00. The summed E-state index contributed by atoms with van der Waals surface area (Å²) in [5.41, 5.74) is 2.66. The predicted molar refractivity (Wildman–Crippen MR) is 98.5 cm³/mol. The van der Waals surface area contributed by atoms with Crippen molar-refractivity contribution in [2.75, 3.05) is 12.4 Å². The maximum Gasteiger partial charge on any atom is 0.260 e. The van der Waals surface area contributed by atoms with Crippen LogP contribution in [-0.2, 0) is 6.54 Å². The number of carbonyl (C=O) groups excluding carboxylic acids is 1. The fraction of sp³-hybridized carbons (Fsp3) is 0.158. The van der Waals surface area contributed by atoms with Gasteiger partial charge in [0.15, 0.2) is 0 Å². The van der Waals surface area contributed by atoms with Crippen molar-refractivity contribution in [1.29, 1.82) is 0 Å². The molecular weight excluding hydrogens is 338 g/mol. The highest BCUT2D eigenvalue weighted by Crippen LogP contribution is 2.24. The first-order chi connectivity index (χ1) is 12.1. The molecule has 0 aliphatic carbocycles. The molecule has 2 aromatic carbocycles. The first-order valence-electron chi connectivity index (χ1n) is 7.79. The summed E-state index contributed by atoms with van der Waals surface area (Å²) in [5.74, 6) is 0.769. The predicted octanol–water partition coefficient (Wildman–Crippen LogP) is 4.15. The molecule has 6 heteroatoms. The van der Waals surface area contributed by atoms with Crippen LogP contribution in [0.5, 0.6) is 5.75 Å². The summed E-state index contributed by atoms with van der Waals surface area (Å²) < 4.78 is 6.98. The number of anilines is 1. The molecule has 128 valence electrons. The smallest absolute Gasteiger partial charge is 0.260 e. The van der Waals surface area contributed by atoms with Gasteiger partial charge in [-0.3, -0.25) is 4.79 Å². The Hall–Kier alpha value is -2.79. The highest BCUT2D eigenvalue weighted by molar-refractivity contribution is 6.31. The van der Waals surface area contributed by atoms with E-state index in [0.29, 0.717) is 28.7 Å². The molecule has 25 heavy (non-hydrogen) atoms. The number of hydrogen-bond acceptors (Lipinski definition) is 3. The summed E-state index contributed by atoms with van der Waals surface area (Å²) >= 11 is 6.00. The molecule has 0 saturated carbocycles. The third-order valence-corrected chi connectivity index (χ3v) is 4.01. The lowest BCUT2D eigenvalue weighted by atomic mass is 10.1. The molecule has 0 fully saturated rings. The van der Waals surface area contributed by atoms with Gasteiger partial charge in [0, 0.05) is 11.1 Å². The largest absolute Gasteiger partial charge is 0.496 e. The summed E-state index contributed by atoms with van der Waals surface area (Å²) in [4.78, 5) is 12.6. The highest BCUT2D eigenvalue weighted by atomic mass is 35.5. The van der Waals surface area contributed by atoms with Crippen LogP contribution in [0.15, 0.2) is 54.7 Å². The van der Waals surface area contributed by atoms with E-state index in [9.17, 15) is 4.79 Å². The Morgan fingerprint density at radius 3 is 2.84 bits per heavy atom. The van der Waals surface area contributed by atoms with Gasteiger partial charge in [-0.15, -0.1) is 0 Å². The van der Waals surface area contributed by atoms with Crippen molar-refractivity contribution in [3.8, 4) is 5.75 Å². The Labute approximate surface area is 151 Å². The van der Waals surface area contributed by atoms with E-state index >= 15 is 0 Å². The van der Waals surface area contributed by atoms with Crippen molar-refractivity contribution in [3.05, 3.63) is 76.4 Å². The topological polar surface area (TPSA) is 56.1 Å². The Bertz CT molecular complexity index is 905. The lowest BCUT2D eigenvalue weighted by Crippen LogP contribution is -2.17. The number of aromatic nitrogens is 2. The van der Waals surface area contributed by atoms with Gasteiger partial charge < -0.3 is 10.1 Å². The third-order valence-electron chi connectivity index (χ3n) is 3.78. The number of benzene rings is 2. The second-order valence-electron chi connectivity index (χ2n) is 5.66. The average Bonchev–Trinajstić information content (AvgIpc) is 3.01. The average molecular weight is 356 g/mol. The first kappa shape index (κ1) is 17.0. The van der Waals surface area contributed by atoms with Crippen LogP contribution < -0.4 is 10.1 Å². The van der Waals surface area contributed by atoms with Gasteiger partial charge in [-0.2, -0.15) is 5.10 Å². The van der Waals surface area contributed by atoms with E-state index in [1.807, 2.05) is 25.1 Å². The van der Waals surface area contributed by atoms with Gasteiger partial charge in [-0.25, -0.2) is 4.68 Å². The van der Waals surface area contributed by atoms with Crippen LogP contribution >= 0.6 is 11.6 Å². The van der Waals surface area contributed by atoms with Gasteiger partial charge in [0.2, 0.25) is 0 Å². The normalized spacial score (nSPS) is 10.5. The number of methoxy groups -OCH3 is 1. The van der Waals surface area contributed by atoms with Crippen LogP contribution in [-0.4, -0.2) is 22.8 Å². The molecule has 1 aromatic heterocycles. The van der Waals surface area contributed by atoms with Crippen molar-refractivity contribution >= 4 is 23.3 Å². The number of ether oxygens (including phenoxy) is 1. The number of rotatable bonds is 5. The fourth-order valence-corrected chi connectivity index (χ4v) is 2.76. The van der Waals surface area contributed by atoms with Gasteiger partial charge in [0.05, 0.1) is 25.4 Å². The molecule has 0 unspecified atom stereocenters. The van der Waals surface area contributed by atoms with Crippen molar-refractivity contribution < 1.29 is 9.53 Å². The molecule has 0 radical (unpaired) electrons. The second-order valence-corrected chi connectivity index (χ2v) is 6.10. The molecule has 3 rings (SSSR count). The molecule has 0 spiro atoms. The Morgan fingerprint density at radius 1 is 1.24 bits per heavy atom. The minimum atomic E-state index is -0.301. The van der Waals surface area contributed by atoms with Gasteiger partial charge in [0.25, 0.3) is 5.91 Å². The number of amides is 1. The van der Waals surface area contributed by atoms with Crippen LogP contribution in [0, 0.1) is 6.92 Å². The monoisotopic (exact) mass is 355 g/mol. The van der Waals surface area contributed by atoms with Crippen LogP contribution in [0.1, 0.15) is 21.5 Å². The zero-order valence-corrected chi connectivity index (χ0v) is 14.7. The summed E-state index contributed by atoms with van der Waals surface area (Å²) in [6, 6.07) is 14.8. The van der Waals surface area contributed by atoms with Crippen LogP contribution in [0.2, 0.25) is 5.02 Å². The van der Waals surface area contributed by atoms with Gasteiger partial charge in [-0.1, -0.05) is 41.4 Å². The number of hydrogen-bond donors (Lipinski definition) is 1. The molecule has 3 aromatic rings. The van der Waals surface area contributed by atoms with Crippen LogP contribution in [0.25, 0.3) is 0 Å². The van der Waals surface area contributed by atoms with E-state index in [1.165, 1.54) is 12.7 Å². The van der Waals surface area contributed by atoms with Crippen LogP contribution in [0.3, 0.4) is 0 Å². The van der Waals surface area contributed by atoms with E-state index < -0.39 is 0 Å². The molecule has 0 aliphatic rings. The second kappa shape index (κ2) is 7.40. The first-order valence-corrected chi connectivity index (χ1v) is 8.17. The lowest BCUT2D eigenvalue weighted by Gasteiger charge is -2.12. The molecule has 0 atom stereocenters. The van der Waals surface area contributed by atoms with Crippen molar-refractivity contribution in [2.24, 2.45) is 0 Å². The molecule has 0 bridgehead atoms. The summed E-state index contributed by atoms with van der Waals surface area (Å²) in [6.07, 6.45) is 1.65. The maximum atomic E-state index is 12.6. The van der Waals surface area contributed by atoms with Crippen molar-refractivity contribution in [3.63, 3.8) is 0 Å². The number of carbonyl (C=O) groups is 1. The minimum Gasteiger partial charge on any atom is -0.496 e. The minimum absolute atomic E-state index is 0.301. The summed E-state index contributed by atoms with van der Waals surface area (Å²) in [6.45, 7) is 2.61. The fourth-order valence-electron chi connectivity index (χ4n) is 2.59. The standard InChI is InChI=1S/C19H18ClN3O2/c1-13-4-3-5-14(10-13)12-23-18(8-9-21-23)22-19(24)16-11-15(20)6-7-17(16)25-2/h3-11H,12H2,1-2H3,(H,22,24). The molecule has 1 amide bonds. The number of halogens is 1. The van der Waals surface area contributed by atoms with E-state index in [4.69, 9.17) is 16.3 Å². The lowest BCUT2D eigenvalue weighted by molar-refractivity contribution is 0.102. The molecule has 0 saturated heterocycles. The van der Waals surface area contributed by atoms with E-state index in [-0.39, 0.29) is 5.91 Å². The van der Waals surface area contributed by atoms with E-state index in [0.717, 1.165) is 5.56 Å². The molecule has 0 aliphatic heterocycles. The van der Waals surface area contributed by atoms with E-state index in [2.05, 4.69) is 16.5 Å². The quantitative estimate of drug-likeness (QED) is 0.747. The van der Waals surface area contributed by atoms with Gasteiger partial charge >= 0.3 is 0 Å². The SMILES string of the molecule is COc1ccc(Cl)cc1C(=O)Nc1ccnn1Cc1cccc(C)c1. The summed E-state index contributed by atoms with van der Waals surface area (Å²) in [7, 11) is 1.52. The molecule has 1 N–H and O–H groups in total. The zero-order valence-electron chi connectivity index (χ0n) is 14.0. The maximum absolute atomic E-state index is 12.6. The van der Waals surface area contributed by atoms with Crippen molar-refractivity contribution in [1.82, 2.24) is 9.78 Å². The number of aryl methyl sites for hydroxylation is 1. The zero-order chi connectivity index (χ0) is 17.8. The Kier molecular flexibility index (Phi) is 5.05. The number of nitrogens with zero attached hydrogens (tertiary/aromatic N) is 2. The molecule has 5 nitrogen and oxygen atoms in total. The molecular formula is C19H18ClN3O2. The van der Waals surface area contributed by atoms with Gasteiger partial charge in [-0.05, 0) is 30.7 Å². The highest BCUT2D eigenvalue weighted by Gasteiger charge is 2.15. The van der Waals surface area contributed by atoms with Crippen LogP contribution in [0.4, 0.5) is 5.82 Å². The Balaban J connectivity index is 1.81. The van der Waals surface area contributed by atoms with Gasteiger partial charge in [0.1, 0.15) is 11.6 Å².